The van der Waals surface area contributed by atoms with E-state index in [1.807, 2.05) is 18.2 Å². The molecular weight excluding hydrogens is 302 g/mol. The van der Waals surface area contributed by atoms with Gasteiger partial charge in [0.1, 0.15) is 0 Å². The Morgan fingerprint density at radius 3 is 2.86 bits per heavy atom. The van der Waals surface area contributed by atoms with E-state index >= 15 is 0 Å². The number of aromatic nitrogens is 1. The second kappa shape index (κ2) is 6.94. The third kappa shape index (κ3) is 3.31. The first-order valence-corrected chi connectivity index (χ1v) is 7.29. The molecule has 1 amide bonds. The number of carbonyl (C=O) groups excluding carboxylic acids is 1. The summed E-state index contributed by atoms with van der Waals surface area (Å²) in [5.41, 5.74) is 0.880. The van der Waals surface area contributed by atoms with Gasteiger partial charge in [-0.05, 0) is 31.5 Å². The van der Waals surface area contributed by atoms with Crippen molar-refractivity contribution in [2.75, 3.05) is 13.1 Å². The molecule has 0 saturated carbocycles. The molecule has 2 heterocycles. The molecule has 1 aromatic carbocycles. The predicted molar refractivity (Wildman–Crippen MR) is 89.7 cm³/mol. The SMILES string of the molecule is CC1CNCCC1NC(=O)c1cc(=O)[nH]c2ccccc12.Cl. The monoisotopic (exact) mass is 321 g/mol. The van der Waals surface area contributed by atoms with Gasteiger partial charge in [0, 0.05) is 23.0 Å². The number of halogens is 1. The highest BCUT2D eigenvalue weighted by Gasteiger charge is 2.23. The smallest absolute Gasteiger partial charge is 0.252 e. The van der Waals surface area contributed by atoms with Gasteiger partial charge in [-0.1, -0.05) is 25.1 Å². The first-order chi connectivity index (χ1) is 10.1. The van der Waals surface area contributed by atoms with E-state index in [0.717, 1.165) is 24.9 Å². The Labute approximate surface area is 134 Å². The van der Waals surface area contributed by atoms with E-state index in [4.69, 9.17) is 0 Å². The molecule has 2 aromatic rings. The van der Waals surface area contributed by atoms with Crippen molar-refractivity contribution >= 4 is 29.2 Å². The average Bonchev–Trinajstić information content (AvgIpc) is 2.48. The van der Waals surface area contributed by atoms with E-state index in [-0.39, 0.29) is 29.9 Å². The second-order valence-electron chi connectivity index (χ2n) is 5.64. The molecule has 1 saturated heterocycles. The fourth-order valence-electron chi connectivity index (χ4n) is 2.87. The van der Waals surface area contributed by atoms with Crippen LogP contribution in [0, 0.1) is 5.92 Å². The lowest BCUT2D eigenvalue weighted by molar-refractivity contribution is 0.0915. The summed E-state index contributed by atoms with van der Waals surface area (Å²) < 4.78 is 0. The van der Waals surface area contributed by atoms with Crippen LogP contribution in [-0.2, 0) is 0 Å². The largest absolute Gasteiger partial charge is 0.349 e. The maximum Gasteiger partial charge on any atom is 0.252 e. The minimum atomic E-state index is -0.253. The van der Waals surface area contributed by atoms with Gasteiger partial charge in [0.2, 0.25) is 5.56 Å². The highest BCUT2D eigenvalue weighted by atomic mass is 35.5. The second-order valence-corrected chi connectivity index (χ2v) is 5.64. The first kappa shape index (κ1) is 16.5. The number of piperidine rings is 1. The molecule has 1 fully saturated rings. The summed E-state index contributed by atoms with van der Waals surface area (Å²) in [6, 6.07) is 8.90. The summed E-state index contributed by atoms with van der Waals surface area (Å²) in [6.07, 6.45) is 0.911. The van der Waals surface area contributed by atoms with Gasteiger partial charge < -0.3 is 15.6 Å². The normalized spacial score (nSPS) is 21.1. The average molecular weight is 322 g/mol. The number of pyridine rings is 1. The van der Waals surface area contributed by atoms with Gasteiger partial charge in [0.15, 0.2) is 0 Å². The summed E-state index contributed by atoms with van der Waals surface area (Å²) >= 11 is 0. The van der Waals surface area contributed by atoms with E-state index in [0.29, 0.717) is 17.0 Å². The van der Waals surface area contributed by atoms with Crippen molar-refractivity contribution in [1.29, 1.82) is 0 Å². The lowest BCUT2D eigenvalue weighted by Gasteiger charge is -2.30. The maximum atomic E-state index is 12.5. The van der Waals surface area contributed by atoms with Gasteiger partial charge >= 0.3 is 0 Å². The molecule has 6 heteroatoms. The van der Waals surface area contributed by atoms with Crippen molar-refractivity contribution in [2.24, 2.45) is 5.92 Å². The summed E-state index contributed by atoms with van der Waals surface area (Å²) in [7, 11) is 0. The Kier molecular flexibility index (Phi) is 5.21. The number of benzene rings is 1. The Hall–Kier alpha value is -1.85. The number of hydrogen-bond acceptors (Lipinski definition) is 3. The number of fused-ring (bicyclic) bond motifs is 1. The summed E-state index contributed by atoms with van der Waals surface area (Å²) in [5, 5.41) is 7.16. The van der Waals surface area contributed by atoms with Gasteiger partial charge in [-0.2, -0.15) is 0 Å². The highest BCUT2D eigenvalue weighted by Crippen LogP contribution is 2.16. The molecule has 3 N–H and O–H groups in total. The van der Waals surface area contributed by atoms with E-state index in [1.165, 1.54) is 6.07 Å². The number of hydrogen-bond donors (Lipinski definition) is 3. The molecule has 0 bridgehead atoms. The van der Waals surface area contributed by atoms with E-state index in [1.54, 1.807) is 6.07 Å². The van der Waals surface area contributed by atoms with Crippen molar-refractivity contribution in [2.45, 2.75) is 19.4 Å². The first-order valence-electron chi connectivity index (χ1n) is 7.29. The molecule has 1 aliphatic heterocycles. The van der Waals surface area contributed by atoms with Crippen LogP contribution < -0.4 is 16.2 Å². The Balaban J connectivity index is 0.00000176. The van der Waals surface area contributed by atoms with Gasteiger partial charge in [0.25, 0.3) is 5.91 Å². The molecular formula is C16H20ClN3O2. The van der Waals surface area contributed by atoms with Crippen molar-refractivity contribution in [3.63, 3.8) is 0 Å². The van der Waals surface area contributed by atoms with Crippen LogP contribution in [-0.4, -0.2) is 30.0 Å². The van der Waals surface area contributed by atoms with Crippen LogP contribution in [0.4, 0.5) is 0 Å². The number of para-hydroxylation sites is 1. The molecule has 0 radical (unpaired) electrons. The van der Waals surface area contributed by atoms with Crippen LogP contribution in [0.25, 0.3) is 10.9 Å². The zero-order chi connectivity index (χ0) is 14.8. The number of nitrogens with one attached hydrogen (secondary N) is 3. The summed E-state index contributed by atoms with van der Waals surface area (Å²) in [6.45, 7) is 3.93. The van der Waals surface area contributed by atoms with Gasteiger partial charge in [-0.3, -0.25) is 9.59 Å². The van der Waals surface area contributed by atoms with Crippen LogP contribution in [0.5, 0.6) is 0 Å². The van der Waals surface area contributed by atoms with Crippen LogP contribution in [0.1, 0.15) is 23.7 Å². The maximum absolute atomic E-state index is 12.5. The number of rotatable bonds is 2. The molecule has 0 aliphatic carbocycles. The zero-order valence-electron chi connectivity index (χ0n) is 12.4. The molecule has 1 aliphatic rings. The summed E-state index contributed by atoms with van der Waals surface area (Å²) in [5.74, 6) is 0.215. The van der Waals surface area contributed by atoms with Gasteiger partial charge in [0.05, 0.1) is 5.56 Å². The molecule has 22 heavy (non-hydrogen) atoms. The molecule has 0 spiro atoms. The predicted octanol–water partition coefficient (Wildman–Crippen LogP) is 1.68. The van der Waals surface area contributed by atoms with Crippen LogP contribution in [0.2, 0.25) is 0 Å². The van der Waals surface area contributed by atoms with E-state index in [2.05, 4.69) is 22.5 Å². The minimum absolute atomic E-state index is 0. The molecule has 1 aromatic heterocycles. The molecule has 2 atom stereocenters. The quantitative estimate of drug-likeness (QED) is 0.788. The number of H-pyrrole nitrogens is 1. The third-order valence-corrected chi connectivity index (χ3v) is 4.10. The fourth-order valence-corrected chi connectivity index (χ4v) is 2.87. The fraction of sp³-hybridized carbons (Fsp3) is 0.375. The highest BCUT2D eigenvalue weighted by molar-refractivity contribution is 6.06. The van der Waals surface area contributed by atoms with Crippen LogP contribution in [0.15, 0.2) is 35.1 Å². The Morgan fingerprint density at radius 2 is 2.09 bits per heavy atom. The molecule has 3 rings (SSSR count). The third-order valence-electron chi connectivity index (χ3n) is 4.10. The van der Waals surface area contributed by atoms with Crippen molar-refractivity contribution in [1.82, 2.24) is 15.6 Å². The zero-order valence-corrected chi connectivity index (χ0v) is 13.2. The minimum Gasteiger partial charge on any atom is -0.349 e. The summed E-state index contributed by atoms with van der Waals surface area (Å²) in [4.78, 5) is 27.0. The van der Waals surface area contributed by atoms with Crippen molar-refractivity contribution < 1.29 is 4.79 Å². The van der Waals surface area contributed by atoms with Crippen LogP contribution in [0.3, 0.4) is 0 Å². The van der Waals surface area contributed by atoms with Gasteiger partial charge in [-0.25, -0.2) is 0 Å². The van der Waals surface area contributed by atoms with Crippen molar-refractivity contribution in [3.05, 3.63) is 46.2 Å². The molecule has 5 nitrogen and oxygen atoms in total. The van der Waals surface area contributed by atoms with E-state index in [9.17, 15) is 9.59 Å². The number of amides is 1. The van der Waals surface area contributed by atoms with Crippen LogP contribution >= 0.6 is 12.4 Å². The molecule has 118 valence electrons. The number of aromatic amines is 1. The number of carbonyl (C=O) groups is 1. The Bertz CT molecular complexity index is 729. The standard InChI is InChI=1S/C16H19N3O2.ClH/c1-10-9-17-7-6-13(10)19-16(21)12-8-15(20)18-14-5-3-2-4-11(12)14;/h2-5,8,10,13,17H,6-7,9H2,1H3,(H,18,20)(H,19,21);1H. The van der Waals surface area contributed by atoms with E-state index < -0.39 is 0 Å². The van der Waals surface area contributed by atoms with Gasteiger partial charge in [-0.15, -0.1) is 12.4 Å². The lowest BCUT2D eigenvalue weighted by atomic mass is 9.95. The Morgan fingerprint density at radius 1 is 1.32 bits per heavy atom. The topological polar surface area (TPSA) is 74.0 Å². The lowest BCUT2D eigenvalue weighted by Crippen LogP contribution is -2.48. The van der Waals surface area contributed by atoms with Crippen molar-refractivity contribution in [3.8, 4) is 0 Å². The molecule has 2 unspecified atom stereocenters.